The molecular formula is C14H22BrNOS. The normalized spacial score (nSPS) is 13.4. The lowest BCUT2D eigenvalue weighted by Crippen LogP contribution is -2.27. The molecule has 0 amide bonds. The molecular weight excluding hydrogens is 310 g/mol. The van der Waals surface area contributed by atoms with Crippen LogP contribution in [0.4, 0.5) is 0 Å². The highest BCUT2D eigenvalue weighted by atomic mass is 79.9. The van der Waals surface area contributed by atoms with Crippen LogP contribution >= 0.6 is 27.7 Å². The van der Waals surface area contributed by atoms with E-state index in [1.165, 1.54) is 5.56 Å². The van der Waals surface area contributed by atoms with Crippen molar-refractivity contribution in [2.75, 3.05) is 12.9 Å². The van der Waals surface area contributed by atoms with Crippen LogP contribution in [0.1, 0.15) is 26.3 Å². The minimum atomic E-state index is 0.189. The SMILES string of the molecule is COc1ccc(CC(N)CSC(C)(C)C)cc1Br. The number of rotatable bonds is 5. The van der Waals surface area contributed by atoms with Crippen molar-refractivity contribution in [3.8, 4) is 5.75 Å². The molecule has 4 heteroatoms. The zero-order chi connectivity index (χ0) is 13.8. The minimum absolute atomic E-state index is 0.189. The third-order valence-electron chi connectivity index (χ3n) is 2.44. The molecule has 0 heterocycles. The zero-order valence-corrected chi connectivity index (χ0v) is 13.9. The number of thioether (sulfide) groups is 1. The first kappa shape index (κ1) is 15.9. The summed E-state index contributed by atoms with van der Waals surface area (Å²) < 4.78 is 6.48. The van der Waals surface area contributed by atoms with Crippen LogP contribution < -0.4 is 10.5 Å². The van der Waals surface area contributed by atoms with Gasteiger partial charge in [-0.05, 0) is 40.0 Å². The smallest absolute Gasteiger partial charge is 0.133 e. The third kappa shape index (κ3) is 5.63. The predicted molar refractivity (Wildman–Crippen MR) is 84.6 cm³/mol. The Balaban J connectivity index is 2.54. The lowest BCUT2D eigenvalue weighted by molar-refractivity contribution is 0.412. The Morgan fingerprint density at radius 3 is 2.56 bits per heavy atom. The summed E-state index contributed by atoms with van der Waals surface area (Å²) in [4.78, 5) is 0. The molecule has 1 aromatic rings. The second-order valence-corrected chi connectivity index (χ2v) is 8.06. The Kier molecular flexibility index (Phi) is 6.02. The largest absolute Gasteiger partial charge is 0.496 e. The number of hydrogen-bond donors (Lipinski definition) is 1. The van der Waals surface area contributed by atoms with Crippen LogP contribution in [0.2, 0.25) is 0 Å². The molecule has 2 nitrogen and oxygen atoms in total. The van der Waals surface area contributed by atoms with Gasteiger partial charge in [-0.2, -0.15) is 11.8 Å². The highest BCUT2D eigenvalue weighted by Crippen LogP contribution is 2.27. The minimum Gasteiger partial charge on any atom is -0.496 e. The van der Waals surface area contributed by atoms with Crippen molar-refractivity contribution in [1.82, 2.24) is 0 Å². The highest BCUT2D eigenvalue weighted by Gasteiger charge is 2.14. The molecule has 0 aromatic heterocycles. The van der Waals surface area contributed by atoms with Crippen molar-refractivity contribution in [3.63, 3.8) is 0 Å². The van der Waals surface area contributed by atoms with E-state index >= 15 is 0 Å². The summed E-state index contributed by atoms with van der Waals surface area (Å²) in [6.07, 6.45) is 0.895. The fourth-order valence-electron chi connectivity index (χ4n) is 1.56. The summed E-state index contributed by atoms with van der Waals surface area (Å²) in [7, 11) is 1.67. The standard InChI is InChI=1S/C14H22BrNOS/c1-14(2,3)18-9-11(16)7-10-5-6-13(17-4)12(15)8-10/h5-6,8,11H,7,9,16H2,1-4H3. The maximum atomic E-state index is 6.17. The number of halogens is 1. The van der Waals surface area contributed by atoms with Crippen molar-refractivity contribution in [3.05, 3.63) is 28.2 Å². The van der Waals surface area contributed by atoms with Gasteiger partial charge in [0.2, 0.25) is 0 Å². The van der Waals surface area contributed by atoms with Gasteiger partial charge in [-0.25, -0.2) is 0 Å². The Labute approximate surface area is 123 Å². The number of ether oxygens (including phenoxy) is 1. The zero-order valence-electron chi connectivity index (χ0n) is 11.5. The molecule has 18 heavy (non-hydrogen) atoms. The molecule has 0 fully saturated rings. The summed E-state index contributed by atoms with van der Waals surface area (Å²) in [6, 6.07) is 6.32. The molecule has 0 saturated carbocycles. The van der Waals surface area contributed by atoms with Crippen LogP contribution in [0.3, 0.4) is 0 Å². The van der Waals surface area contributed by atoms with Crippen molar-refractivity contribution in [1.29, 1.82) is 0 Å². The molecule has 0 radical (unpaired) electrons. The van der Waals surface area contributed by atoms with Crippen LogP contribution in [-0.4, -0.2) is 23.7 Å². The highest BCUT2D eigenvalue weighted by molar-refractivity contribution is 9.10. The summed E-state index contributed by atoms with van der Waals surface area (Å²) >= 11 is 5.41. The van der Waals surface area contributed by atoms with Gasteiger partial charge in [0, 0.05) is 16.5 Å². The van der Waals surface area contributed by atoms with Gasteiger partial charge in [0.1, 0.15) is 5.75 Å². The van der Waals surface area contributed by atoms with E-state index in [1.54, 1.807) is 7.11 Å². The monoisotopic (exact) mass is 331 g/mol. The number of benzene rings is 1. The third-order valence-corrected chi connectivity index (χ3v) is 4.53. The summed E-state index contributed by atoms with van der Waals surface area (Å²) in [5, 5.41) is 0. The maximum absolute atomic E-state index is 6.17. The van der Waals surface area contributed by atoms with Gasteiger partial charge in [0.05, 0.1) is 11.6 Å². The quantitative estimate of drug-likeness (QED) is 0.889. The van der Waals surface area contributed by atoms with Crippen molar-refractivity contribution in [2.45, 2.75) is 38.0 Å². The van der Waals surface area contributed by atoms with E-state index in [4.69, 9.17) is 10.5 Å². The summed E-state index contributed by atoms with van der Waals surface area (Å²) in [5.74, 6) is 1.84. The van der Waals surface area contributed by atoms with E-state index in [1.807, 2.05) is 17.8 Å². The molecule has 0 aliphatic rings. The van der Waals surface area contributed by atoms with Gasteiger partial charge in [-0.3, -0.25) is 0 Å². The van der Waals surface area contributed by atoms with Crippen molar-refractivity contribution in [2.24, 2.45) is 5.73 Å². The molecule has 1 aromatic carbocycles. The van der Waals surface area contributed by atoms with Gasteiger partial charge >= 0.3 is 0 Å². The number of hydrogen-bond acceptors (Lipinski definition) is 3. The van der Waals surface area contributed by atoms with Gasteiger partial charge < -0.3 is 10.5 Å². The van der Waals surface area contributed by atoms with Crippen molar-refractivity contribution < 1.29 is 4.74 Å². The molecule has 2 N–H and O–H groups in total. The van der Waals surface area contributed by atoms with Crippen LogP contribution in [-0.2, 0) is 6.42 Å². The molecule has 102 valence electrons. The van der Waals surface area contributed by atoms with E-state index in [-0.39, 0.29) is 10.8 Å². The van der Waals surface area contributed by atoms with Gasteiger partial charge in [0.25, 0.3) is 0 Å². The first-order chi connectivity index (χ1) is 8.31. The van der Waals surface area contributed by atoms with Crippen LogP contribution in [0.15, 0.2) is 22.7 Å². The van der Waals surface area contributed by atoms with E-state index in [0.717, 1.165) is 22.4 Å². The first-order valence-electron chi connectivity index (χ1n) is 6.04. The average Bonchev–Trinajstić information content (AvgIpc) is 2.26. The Hall–Kier alpha value is -0.190. The second kappa shape index (κ2) is 6.83. The van der Waals surface area contributed by atoms with Crippen LogP contribution in [0.5, 0.6) is 5.75 Å². The maximum Gasteiger partial charge on any atom is 0.133 e. The fraction of sp³-hybridized carbons (Fsp3) is 0.571. The van der Waals surface area contributed by atoms with Gasteiger partial charge in [0.15, 0.2) is 0 Å². The predicted octanol–water partition coefficient (Wildman–Crippen LogP) is 3.86. The van der Waals surface area contributed by atoms with Crippen LogP contribution in [0, 0.1) is 0 Å². The molecule has 0 aliphatic carbocycles. The topological polar surface area (TPSA) is 35.2 Å². The van der Waals surface area contributed by atoms with E-state index < -0.39 is 0 Å². The first-order valence-corrected chi connectivity index (χ1v) is 7.81. The van der Waals surface area contributed by atoms with Gasteiger partial charge in [-0.1, -0.05) is 26.8 Å². The Morgan fingerprint density at radius 1 is 1.39 bits per heavy atom. The molecule has 0 aliphatic heterocycles. The Morgan fingerprint density at radius 2 is 2.06 bits per heavy atom. The Bertz CT molecular complexity index is 390. The van der Waals surface area contributed by atoms with E-state index in [9.17, 15) is 0 Å². The molecule has 0 bridgehead atoms. The summed E-state index contributed by atoms with van der Waals surface area (Å²) in [5.41, 5.74) is 7.41. The van der Waals surface area contributed by atoms with E-state index in [2.05, 4.69) is 48.8 Å². The second-order valence-electron chi connectivity index (χ2n) is 5.36. The van der Waals surface area contributed by atoms with Crippen molar-refractivity contribution >= 4 is 27.7 Å². The van der Waals surface area contributed by atoms with E-state index in [0.29, 0.717) is 0 Å². The van der Waals surface area contributed by atoms with Gasteiger partial charge in [-0.15, -0.1) is 0 Å². The average molecular weight is 332 g/mol. The number of methoxy groups -OCH3 is 1. The number of nitrogens with two attached hydrogens (primary N) is 1. The molecule has 1 unspecified atom stereocenters. The van der Waals surface area contributed by atoms with Crippen LogP contribution in [0.25, 0.3) is 0 Å². The lowest BCUT2D eigenvalue weighted by Gasteiger charge is -2.20. The molecule has 0 saturated heterocycles. The molecule has 1 rings (SSSR count). The fourth-order valence-corrected chi connectivity index (χ4v) is 2.98. The lowest BCUT2D eigenvalue weighted by atomic mass is 10.1. The molecule has 0 spiro atoms. The molecule has 1 atom stereocenters. The summed E-state index contributed by atoms with van der Waals surface area (Å²) in [6.45, 7) is 6.65.